The largest absolute Gasteiger partial charge is 0.497 e. The molecule has 2 N–H and O–H groups in total. The third-order valence-electron chi connectivity index (χ3n) is 3.35. The molecular formula is C17H23N3O2S. The number of thiazole rings is 1. The standard InChI is InChI=1S/C17H23N3O2S/c1-17(2,3)14-11-23-16(19-14)20-15(21)18-10-9-12-5-7-13(22-4)8-6-12/h5-8,11H,9-10H2,1-4H3,(H2,18,19,20,21). The number of hydrogen-bond donors (Lipinski definition) is 2. The van der Waals surface area contributed by atoms with Gasteiger partial charge in [-0.1, -0.05) is 32.9 Å². The number of nitrogens with zero attached hydrogens (tertiary/aromatic N) is 1. The predicted octanol–water partition coefficient (Wildman–Crippen LogP) is 3.81. The summed E-state index contributed by atoms with van der Waals surface area (Å²) in [6.07, 6.45) is 0.766. The Morgan fingerprint density at radius 1 is 1.26 bits per heavy atom. The van der Waals surface area contributed by atoms with Crippen LogP contribution in [0, 0.1) is 0 Å². The summed E-state index contributed by atoms with van der Waals surface area (Å²) in [6.45, 7) is 6.86. The van der Waals surface area contributed by atoms with Gasteiger partial charge < -0.3 is 10.1 Å². The molecule has 0 aliphatic rings. The van der Waals surface area contributed by atoms with E-state index in [0.29, 0.717) is 11.7 Å². The van der Waals surface area contributed by atoms with E-state index in [0.717, 1.165) is 23.4 Å². The van der Waals surface area contributed by atoms with E-state index in [4.69, 9.17) is 4.74 Å². The van der Waals surface area contributed by atoms with Crippen molar-refractivity contribution in [3.8, 4) is 5.75 Å². The highest BCUT2D eigenvalue weighted by Crippen LogP contribution is 2.26. The average Bonchev–Trinajstić information content (AvgIpc) is 2.96. The summed E-state index contributed by atoms with van der Waals surface area (Å²) >= 11 is 1.44. The molecule has 0 atom stereocenters. The Bertz CT molecular complexity index is 645. The Kier molecular flexibility index (Phi) is 5.60. The molecule has 2 rings (SSSR count). The molecule has 0 saturated heterocycles. The number of hydrogen-bond acceptors (Lipinski definition) is 4. The summed E-state index contributed by atoms with van der Waals surface area (Å²) in [4.78, 5) is 16.3. The molecule has 124 valence electrons. The van der Waals surface area contributed by atoms with Crippen LogP contribution in [0.3, 0.4) is 0 Å². The first kappa shape index (κ1) is 17.3. The minimum atomic E-state index is -0.228. The van der Waals surface area contributed by atoms with E-state index in [2.05, 4.69) is 36.4 Å². The van der Waals surface area contributed by atoms with Gasteiger partial charge in [0.05, 0.1) is 12.8 Å². The first-order chi connectivity index (χ1) is 10.9. The number of nitrogens with one attached hydrogen (secondary N) is 2. The highest BCUT2D eigenvalue weighted by atomic mass is 32.1. The Balaban J connectivity index is 1.77. The third kappa shape index (κ3) is 5.25. The predicted molar refractivity (Wildman–Crippen MR) is 94.5 cm³/mol. The van der Waals surface area contributed by atoms with Gasteiger partial charge in [-0.25, -0.2) is 9.78 Å². The van der Waals surface area contributed by atoms with E-state index in [1.165, 1.54) is 11.3 Å². The monoisotopic (exact) mass is 333 g/mol. The minimum absolute atomic E-state index is 0.0126. The van der Waals surface area contributed by atoms with Gasteiger partial charge in [-0.2, -0.15) is 0 Å². The Morgan fingerprint density at radius 2 is 1.96 bits per heavy atom. The van der Waals surface area contributed by atoms with Gasteiger partial charge in [0.25, 0.3) is 0 Å². The molecule has 0 bridgehead atoms. The summed E-state index contributed by atoms with van der Waals surface area (Å²) in [5, 5.41) is 8.22. The molecule has 0 fully saturated rings. The maximum absolute atomic E-state index is 11.9. The van der Waals surface area contributed by atoms with Gasteiger partial charge in [-0.15, -0.1) is 11.3 Å². The van der Waals surface area contributed by atoms with Crippen molar-refractivity contribution in [3.05, 3.63) is 40.9 Å². The zero-order chi connectivity index (χ0) is 16.9. The molecule has 0 aliphatic heterocycles. The molecule has 2 aromatic rings. The lowest BCUT2D eigenvalue weighted by molar-refractivity contribution is 0.252. The molecule has 0 aliphatic carbocycles. The first-order valence-electron chi connectivity index (χ1n) is 7.52. The summed E-state index contributed by atoms with van der Waals surface area (Å²) < 4.78 is 5.12. The summed E-state index contributed by atoms with van der Waals surface area (Å²) in [7, 11) is 1.64. The van der Waals surface area contributed by atoms with Crippen molar-refractivity contribution in [2.75, 3.05) is 19.0 Å². The van der Waals surface area contributed by atoms with Gasteiger partial charge in [0, 0.05) is 17.3 Å². The summed E-state index contributed by atoms with van der Waals surface area (Å²) in [6, 6.07) is 7.59. The molecule has 5 nitrogen and oxygen atoms in total. The molecule has 23 heavy (non-hydrogen) atoms. The van der Waals surface area contributed by atoms with Crippen LogP contribution in [0.5, 0.6) is 5.75 Å². The van der Waals surface area contributed by atoms with E-state index in [1.54, 1.807) is 7.11 Å². The fourth-order valence-electron chi connectivity index (χ4n) is 1.93. The normalized spacial score (nSPS) is 11.1. The number of amides is 2. The van der Waals surface area contributed by atoms with E-state index in [1.807, 2.05) is 29.6 Å². The van der Waals surface area contributed by atoms with Crippen LogP contribution in [0.2, 0.25) is 0 Å². The second-order valence-corrected chi connectivity index (χ2v) is 7.12. The van der Waals surface area contributed by atoms with Crippen LogP contribution in [-0.2, 0) is 11.8 Å². The molecular weight excluding hydrogens is 310 g/mol. The van der Waals surface area contributed by atoms with Gasteiger partial charge >= 0.3 is 6.03 Å². The molecule has 1 aromatic carbocycles. The number of benzene rings is 1. The maximum atomic E-state index is 11.9. The number of carbonyl (C=O) groups excluding carboxylic acids is 1. The number of ether oxygens (including phenoxy) is 1. The van der Waals surface area contributed by atoms with E-state index >= 15 is 0 Å². The molecule has 2 amide bonds. The topological polar surface area (TPSA) is 63.2 Å². The molecule has 0 saturated carbocycles. The van der Waals surface area contributed by atoms with Gasteiger partial charge in [0.15, 0.2) is 5.13 Å². The maximum Gasteiger partial charge on any atom is 0.321 e. The SMILES string of the molecule is COc1ccc(CCNC(=O)Nc2nc(C(C)(C)C)cs2)cc1. The zero-order valence-corrected chi connectivity index (χ0v) is 14.8. The van der Waals surface area contributed by atoms with Crippen LogP contribution in [0.15, 0.2) is 29.6 Å². The summed E-state index contributed by atoms with van der Waals surface area (Å²) in [5.74, 6) is 0.831. The Hall–Kier alpha value is -2.08. The van der Waals surface area contributed by atoms with Crippen molar-refractivity contribution in [1.29, 1.82) is 0 Å². The van der Waals surface area contributed by atoms with Crippen LogP contribution < -0.4 is 15.4 Å². The van der Waals surface area contributed by atoms with Crippen molar-refractivity contribution in [2.24, 2.45) is 0 Å². The number of aromatic nitrogens is 1. The van der Waals surface area contributed by atoms with Gasteiger partial charge in [-0.3, -0.25) is 5.32 Å². The zero-order valence-electron chi connectivity index (χ0n) is 14.0. The van der Waals surface area contributed by atoms with Crippen LogP contribution in [0.4, 0.5) is 9.93 Å². The first-order valence-corrected chi connectivity index (χ1v) is 8.40. The van der Waals surface area contributed by atoms with E-state index in [-0.39, 0.29) is 11.4 Å². The van der Waals surface area contributed by atoms with Crippen LogP contribution in [-0.4, -0.2) is 24.7 Å². The lowest BCUT2D eigenvalue weighted by atomic mass is 9.93. The molecule has 1 heterocycles. The molecule has 0 unspecified atom stereocenters. The second-order valence-electron chi connectivity index (χ2n) is 6.27. The van der Waals surface area contributed by atoms with Gasteiger partial charge in [-0.05, 0) is 24.1 Å². The number of urea groups is 1. The number of rotatable bonds is 5. The van der Waals surface area contributed by atoms with Crippen molar-refractivity contribution in [1.82, 2.24) is 10.3 Å². The molecule has 0 radical (unpaired) electrons. The van der Waals surface area contributed by atoms with Gasteiger partial charge in [0.1, 0.15) is 5.75 Å². The van der Waals surface area contributed by atoms with Crippen molar-refractivity contribution in [2.45, 2.75) is 32.6 Å². The number of carbonyl (C=O) groups is 1. The minimum Gasteiger partial charge on any atom is -0.497 e. The quantitative estimate of drug-likeness (QED) is 0.874. The smallest absolute Gasteiger partial charge is 0.321 e. The fraction of sp³-hybridized carbons (Fsp3) is 0.412. The lowest BCUT2D eigenvalue weighted by Crippen LogP contribution is -2.30. The van der Waals surface area contributed by atoms with Crippen molar-refractivity contribution in [3.63, 3.8) is 0 Å². The highest BCUT2D eigenvalue weighted by molar-refractivity contribution is 7.13. The molecule has 6 heteroatoms. The van der Waals surface area contributed by atoms with Crippen LogP contribution in [0.25, 0.3) is 0 Å². The van der Waals surface area contributed by atoms with E-state index < -0.39 is 0 Å². The van der Waals surface area contributed by atoms with Gasteiger partial charge in [0.2, 0.25) is 0 Å². The van der Waals surface area contributed by atoms with Crippen LogP contribution in [0.1, 0.15) is 32.0 Å². The second kappa shape index (κ2) is 7.46. The highest BCUT2D eigenvalue weighted by Gasteiger charge is 2.17. The van der Waals surface area contributed by atoms with Crippen molar-refractivity contribution >= 4 is 22.5 Å². The third-order valence-corrected chi connectivity index (χ3v) is 4.11. The van der Waals surface area contributed by atoms with E-state index in [9.17, 15) is 4.79 Å². The number of anilines is 1. The van der Waals surface area contributed by atoms with Crippen molar-refractivity contribution < 1.29 is 9.53 Å². The Morgan fingerprint density at radius 3 is 2.52 bits per heavy atom. The Labute approximate surface area is 141 Å². The fourth-order valence-corrected chi connectivity index (χ4v) is 2.86. The molecule has 1 aromatic heterocycles. The summed E-state index contributed by atoms with van der Waals surface area (Å²) in [5.41, 5.74) is 2.12. The average molecular weight is 333 g/mol. The molecule has 0 spiro atoms. The van der Waals surface area contributed by atoms with Crippen LogP contribution >= 0.6 is 11.3 Å². The number of methoxy groups -OCH3 is 1. The lowest BCUT2D eigenvalue weighted by Gasteiger charge is -2.14.